The minimum absolute atomic E-state index is 0.200. The number of hydrogen-bond acceptors (Lipinski definition) is 6. The van der Waals surface area contributed by atoms with Gasteiger partial charge in [-0.05, 0) is 61.1 Å². The van der Waals surface area contributed by atoms with Gasteiger partial charge in [0.15, 0.2) is 0 Å². The number of methoxy groups -OCH3 is 1. The van der Waals surface area contributed by atoms with E-state index in [0.29, 0.717) is 30.0 Å². The Morgan fingerprint density at radius 2 is 1.78 bits per heavy atom. The van der Waals surface area contributed by atoms with E-state index in [1.165, 1.54) is 19.3 Å². The first-order chi connectivity index (χ1) is 15.0. The van der Waals surface area contributed by atoms with E-state index < -0.39 is 6.10 Å². The molecule has 1 aliphatic heterocycles. The predicted octanol–water partition coefficient (Wildman–Crippen LogP) is 3.59. The quantitative estimate of drug-likeness (QED) is 0.536. The van der Waals surface area contributed by atoms with Gasteiger partial charge in [-0.3, -0.25) is 0 Å². The highest BCUT2D eigenvalue weighted by Gasteiger charge is 2.38. The van der Waals surface area contributed by atoms with Crippen LogP contribution < -0.4 is 14.8 Å². The maximum atomic E-state index is 10.5. The summed E-state index contributed by atoms with van der Waals surface area (Å²) in [6, 6.07) is 6.34. The van der Waals surface area contributed by atoms with Gasteiger partial charge in [-0.15, -0.1) is 0 Å². The number of nitrogens with one attached hydrogen (secondary N) is 1. The Balaban J connectivity index is 1.57. The molecule has 32 heavy (non-hydrogen) atoms. The minimum atomic E-state index is -0.562. The normalized spacial score (nSPS) is 23.1. The molecule has 6 heteroatoms. The van der Waals surface area contributed by atoms with Crippen LogP contribution in [0.25, 0.3) is 0 Å². The monoisotopic (exact) mass is 448 g/mol. The molecule has 1 aromatic carbocycles. The lowest BCUT2D eigenvalue weighted by Gasteiger charge is -2.45. The van der Waals surface area contributed by atoms with Gasteiger partial charge in [0, 0.05) is 37.8 Å². The van der Waals surface area contributed by atoms with Crippen LogP contribution in [0.4, 0.5) is 0 Å². The van der Waals surface area contributed by atoms with E-state index in [1.807, 2.05) is 18.2 Å². The average Bonchev–Trinajstić information content (AvgIpc) is 2.70. The Hall–Kier alpha value is -1.34. The van der Waals surface area contributed by atoms with Crippen LogP contribution in [0.1, 0.15) is 65.4 Å². The molecule has 1 heterocycles. The molecule has 3 N–H and O–H groups in total. The summed E-state index contributed by atoms with van der Waals surface area (Å²) in [5.74, 6) is 1.60. The second-order valence-corrected chi connectivity index (χ2v) is 11.5. The first-order valence-corrected chi connectivity index (χ1v) is 12.2. The molecule has 6 nitrogen and oxygen atoms in total. The summed E-state index contributed by atoms with van der Waals surface area (Å²) in [7, 11) is 1.68. The zero-order valence-corrected chi connectivity index (χ0v) is 20.7. The molecule has 1 aromatic rings. The molecule has 0 spiro atoms. The van der Waals surface area contributed by atoms with E-state index in [0.717, 1.165) is 43.0 Å². The summed E-state index contributed by atoms with van der Waals surface area (Å²) >= 11 is 0. The van der Waals surface area contributed by atoms with Crippen LogP contribution in [0.3, 0.4) is 0 Å². The molecular formula is C26H44N2O4. The van der Waals surface area contributed by atoms with E-state index >= 15 is 0 Å². The van der Waals surface area contributed by atoms with Crippen LogP contribution in [0, 0.1) is 10.8 Å². The SMILES string of the molecule is COc1ccc(OC[C@H](O)CN2CCC(O)CC2)c(CNC2CC(C)(C)CC(C)(C)C2)c1. The van der Waals surface area contributed by atoms with Gasteiger partial charge in [0.2, 0.25) is 0 Å². The van der Waals surface area contributed by atoms with Crippen molar-refractivity contribution in [2.75, 3.05) is 33.4 Å². The molecule has 0 aromatic heterocycles. The van der Waals surface area contributed by atoms with Crippen molar-refractivity contribution >= 4 is 0 Å². The van der Waals surface area contributed by atoms with Crippen molar-refractivity contribution in [3.63, 3.8) is 0 Å². The Labute approximate surface area is 194 Å². The number of benzene rings is 1. The molecule has 1 aliphatic carbocycles. The molecule has 0 radical (unpaired) electrons. The molecule has 0 amide bonds. The van der Waals surface area contributed by atoms with Crippen molar-refractivity contribution in [3.8, 4) is 11.5 Å². The first kappa shape index (κ1) is 25.3. The first-order valence-electron chi connectivity index (χ1n) is 12.2. The van der Waals surface area contributed by atoms with Crippen molar-refractivity contribution in [2.45, 2.75) is 84.6 Å². The van der Waals surface area contributed by atoms with Crippen LogP contribution in [0.15, 0.2) is 18.2 Å². The number of ether oxygens (including phenoxy) is 2. The molecule has 0 unspecified atom stereocenters. The number of nitrogens with zero attached hydrogens (tertiary/aromatic N) is 1. The number of β-amino-alcohol motifs (C(OH)–C–C–N with tert-alkyl or cyclic N) is 1. The van der Waals surface area contributed by atoms with Gasteiger partial charge in [-0.2, -0.15) is 0 Å². The molecule has 2 fully saturated rings. The number of piperidine rings is 1. The summed E-state index contributed by atoms with van der Waals surface area (Å²) in [6.45, 7) is 12.7. The zero-order valence-electron chi connectivity index (χ0n) is 20.7. The van der Waals surface area contributed by atoms with Gasteiger partial charge < -0.3 is 29.9 Å². The molecule has 1 saturated heterocycles. The highest BCUT2D eigenvalue weighted by molar-refractivity contribution is 5.40. The molecule has 1 atom stereocenters. The summed E-state index contributed by atoms with van der Waals surface area (Å²) in [4.78, 5) is 2.20. The van der Waals surface area contributed by atoms with Crippen molar-refractivity contribution in [3.05, 3.63) is 23.8 Å². The van der Waals surface area contributed by atoms with Gasteiger partial charge in [-0.25, -0.2) is 0 Å². The maximum absolute atomic E-state index is 10.5. The average molecular weight is 449 g/mol. The van der Waals surface area contributed by atoms with E-state index in [1.54, 1.807) is 7.11 Å². The smallest absolute Gasteiger partial charge is 0.124 e. The highest BCUT2D eigenvalue weighted by atomic mass is 16.5. The van der Waals surface area contributed by atoms with Crippen LogP contribution >= 0.6 is 0 Å². The number of hydrogen-bond donors (Lipinski definition) is 3. The zero-order chi connectivity index (χ0) is 23.4. The molecule has 3 rings (SSSR count). The summed E-state index contributed by atoms with van der Waals surface area (Å²) < 4.78 is 11.5. The third-order valence-corrected chi connectivity index (χ3v) is 6.86. The third kappa shape index (κ3) is 7.62. The topological polar surface area (TPSA) is 74.2 Å². The lowest BCUT2D eigenvalue weighted by Crippen LogP contribution is -2.43. The largest absolute Gasteiger partial charge is 0.497 e. The second kappa shape index (κ2) is 10.7. The van der Waals surface area contributed by atoms with Gasteiger partial charge in [-0.1, -0.05) is 27.7 Å². The van der Waals surface area contributed by atoms with Crippen LogP contribution in [0.5, 0.6) is 11.5 Å². The number of rotatable bonds is 9. The van der Waals surface area contributed by atoms with E-state index in [-0.39, 0.29) is 12.7 Å². The van der Waals surface area contributed by atoms with E-state index in [9.17, 15) is 10.2 Å². The van der Waals surface area contributed by atoms with Crippen molar-refractivity contribution < 1.29 is 19.7 Å². The molecular weight excluding hydrogens is 404 g/mol. The van der Waals surface area contributed by atoms with E-state index in [4.69, 9.17) is 9.47 Å². The number of aliphatic hydroxyl groups excluding tert-OH is 2. The van der Waals surface area contributed by atoms with Crippen molar-refractivity contribution in [2.24, 2.45) is 10.8 Å². The van der Waals surface area contributed by atoms with Crippen LogP contribution in [0.2, 0.25) is 0 Å². The van der Waals surface area contributed by atoms with Crippen LogP contribution in [-0.4, -0.2) is 66.7 Å². The third-order valence-electron chi connectivity index (χ3n) is 6.86. The maximum Gasteiger partial charge on any atom is 0.124 e. The lowest BCUT2D eigenvalue weighted by molar-refractivity contribution is 0.0335. The minimum Gasteiger partial charge on any atom is -0.497 e. The standard InChI is InChI=1S/C26H44N2O4/c1-25(2)13-20(14-26(3,4)18-25)27-15-19-12-23(31-5)6-7-24(19)32-17-22(30)16-28-10-8-21(29)9-11-28/h6-7,12,20-22,27,29-30H,8-11,13-18H2,1-5H3/t22-/m1/s1. The van der Waals surface area contributed by atoms with E-state index in [2.05, 4.69) is 37.9 Å². The molecule has 0 bridgehead atoms. The van der Waals surface area contributed by atoms with Gasteiger partial charge in [0.05, 0.1) is 13.2 Å². The molecule has 1 saturated carbocycles. The Morgan fingerprint density at radius 1 is 1.12 bits per heavy atom. The number of aliphatic hydroxyl groups is 2. The molecule has 182 valence electrons. The second-order valence-electron chi connectivity index (χ2n) is 11.5. The predicted molar refractivity (Wildman–Crippen MR) is 128 cm³/mol. The fourth-order valence-electron chi connectivity index (χ4n) is 5.85. The highest BCUT2D eigenvalue weighted by Crippen LogP contribution is 2.45. The van der Waals surface area contributed by atoms with Crippen molar-refractivity contribution in [1.29, 1.82) is 0 Å². The Kier molecular flexibility index (Phi) is 8.48. The number of likely N-dealkylation sites (tertiary alicyclic amines) is 1. The molecule has 2 aliphatic rings. The lowest BCUT2D eigenvalue weighted by atomic mass is 9.63. The Bertz CT molecular complexity index is 713. The van der Waals surface area contributed by atoms with Gasteiger partial charge in [0.25, 0.3) is 0 Å². The fraction of sp³-hybridized carbons (Fsp3) is 0.769. The fourth-order valence-corrected chi connectivity index (χ4v) is 5.85. The van der Waals surface area contributed by atoms with Crippen molar-refractivity contribution in [1.82, 2.24) is 10.2 Å². The summed E-state index contributed by atoms with van der Waals surface area (Å²) in [6.07, 6.45) is 4.37. The van der Waals surface area contributed by atoms with Gasteiger partial charge >= 0.3 is 0 Å². The van der Waals surface area contributed by atoms with Gasteiger partial charge in [0.1, 0.15) is 24.2 Å². The summed E-state index contributed by atoms with van der Waals surface area (Å²) in [5, 5.41) is 23.9. The van der Waals surface area contributed by atoms with Crippen LogP contribution in [-0.2, 0) is 6.54 Å². The Morgan fingerprint density at radius 3 is 2.41 bits per heavy atom. The summed E-state index contributed by atoms with van der Waals surface area (Å²) in [5.41, 5.74) is 1.72.